The Bertz CT molecular complexity index is 850. The highest BCUT2D eigenvalue weighted by atomic mass is 16.3. The van der Waals surface area contributed by atoms with Gasteiger partial charge in [0.25, 0.3) is 5.91 Å². The van der Waals surface area contributed by atoms with E-state index in [1.807, 2.05) is 12.1 Å². The number of hydrogen-bond acceptors (Lipinski definition) is 7. The lowest BCUT2D eigenvalue weighted by atomic mass is 9.88. The Balaban J connectivity index is 1.45. The topological polar surface area (TPSA) is 125 Å². The molecule has 1 saturated heterocycles. The predicted octanol–water partition coefficient (Wildman–Crippen LogP) is 1.81. The summed E-state index contributed by atoms with van der Waals surface area (Å²) in [6.45, 7) is 7.99. The van der Waals surface area contributed by atoms with Crippen molar-refractivity contribution in [2.75, 3.05) is 19.6 Å². The minimum atomic E-state index is -0.610. The molecule has 1 aromatic rings. The van der Waals surface area contributed by atoms with E-state index in [-0.39, 0.29) is 22.7 Å². The smallest absolute Gasteiger partial charge is 0.277 e. The lowest BCUT2D eigenvalue weighted by Gasteiger charge is -2.41. The molecule has 2 aliphatic heterocycles. The first-order valence-corrected chi connectivity index (χ1v) is 9.77. The molecular formula is C21H28N6O2. The maximum atomic E-state index is 11.9. The molecule has 0 atom stereocenters. The second kappa shape index (κ2) is 8.46. The van der Waals surface area contributed by atoms with Gasteiger partial charge in [0, 0.05) is 18.8 Å². The molecule has 154 valence electrons. The van der Waals surface area contributed by atoms with Gasteiger partial charge < -0.3 is 20.7 Å². The molecule has 2 aliphatic rings. The van der Waals surface area contributed by atoms with Gasteiger partial charge in [-0.2, -0.15) is 0 Å². The number of nitrogens with one attached hydrogen (secondary N) is 4. The van der Waals surface area contributed by atoms with Crippen molar-refractivity contribution in [3.63, 3.8) is 0 Å². The molecule has 1 spiro atoms. The van der Waals surface area contributed by atoms with Crippen LogP contribution >= 0.6 is 0 Å². The zero-order valence-corrected chi connectivity index (χ0v) is 16.7. The van der Waals surface area contributed by atoms with E-state index in [4.69, 9.17) is 10.8 Å². The second-order valence-electron chi connectivity index (χ2n) is 7.74. The van der Waals surface area contributed by atoms with Gasteiger partial charge in [-0.3, -0.25) is 20.5 Å². The van der Waals surface area contributed by atoms with Gasteiger partial charge in [0.15, 0.2) is 5.96 Å². The fourth-order valence-corrected chi connectivity index (χ4v) is 3.62. The van der Waals surface area contributed by atoms with Crippen LogP contribution in [0.2, 0.25) is 0 Å². The Kier molecular flexibility index (Phi) is 6.00. The normalized spacial score (nSPS) is 17.4. The Morgan fingerprint density at radius 3 is 2.59 bits per heavy atom. The van der Waals surface area contributed by atoms with Crippen molar-refractivity contribution < 1.29 is 9.90 Å². The summed E-state index contributed by atoms with van der Waals surface area (Å²) in [5, 5.41) is 30.3. The van der Waals surface area contributed by atoms with Crippen LogP contribution in [0.25, 0.3) is 0 Å². The summed E-state index contributed by atoms with van der Waals surface area (Å²) < 4.78 is 0. The van der Waals surface area contributed by atoms with Crippen molar-refractivity contribution in [3.8, 4) is 5.75 Å². The second-order valence-corrected chi connectivity index (χ2v) is 7.74. The standard InChI is InChI=1S/C21H28N6O2/c1-14(3-4-16-5-7-17(28)8-6-16)27-11-9-21(10-12-27)13-24-20(26-21)25-19(29)18(23)15(2)22/h5-8,22-23,28H,1,3-4,9-13H2,2H3,(H2,24,25,26,29). The Morgan fingerprint density at radius 2 is 1.97 bits per heavy atom. The van der Waals surface area contributed by atoms with Crippen LogP contribution in [0.15, 0.2) is 41.5 Å². The maximum Gasteiger partial charge on any atom is 0.277 e. The van der Waals surface area contributed by atoms with Crippen LogP contribution < -0.4 is 10.6 Å². The summed E-state index contributed by atoms with van der Waals surface area (Å²) in [4.78, 5) is 18.6. The van der Waals surface area contributed by atoms with Crippen molar-refractivity contribution in [2.24, 2.45) is 4.99 Å². The van der Waals surface area contributed by atoms with Crippen molar-refractivity contribution in [3.05, 3.63) is 42.1 Å². The van der Waals surface area contributed by atoms with E-state index in [2.05, 4.69) is 27.1 Å². The molecule has 0 bridgehead atoms. The van der Waals surface area contributed by atoms with Crippen LogP contribution in [-0.4, -0.2) is 58.5 Å². The third-order valence-electron chi connectivity index (χ3n) is 5.56. The number of piperidine rings is 1. The van der Waals surface area contributed by atoms with Gasteiger partial charge in [0.05, 0.1) is 17.8 Å². The number of nitrogens with zero attached hydrogens (tertiary/aromatic N) is 2. The zero-order valence-electron chi connectivity index (χ0n) is 16.7. The summed E-state index contributed by atoms with van der Waals surface area (Å²) in [7, 11) is 0. The molecule has 8 nitrogen and oxygen atoms in total. The maximum absolute atomic E-state index is 11.9. The first-order chi connectivity index (χ1) is 13.8. The van der Waals surface area contributed by atoms with Crippen LogP contribution in [0.5, 0.6) is 5.75 Å². The molecule has 0 unspecified atom stereocenters. The monoisotopic (exact) mass is 396 g/mol. The number of hydrogen-bond donors (Lipinski definition) is 5. The number of aryl methyl sites for hydroxylation is 1. The van der Waals surface area contributed by atoms with Crippen molar-refractivity contribution in [1.29, 1.82) is 10.8 Å². The van der Waals surface area contributed by atoms with Crippen LogP contribution in [0.4, 0.5) is 0 Å². The highest BCUT2D eigenvalue weighted by molar-refractivity contribution is 6.65. The van der Waals surface area contributed by atoms with Gasteiger partial charge in [-0.25, -0.2) is 0 Å². The van der Waals surface area contributed by atoms with Crippen LogP contribution in [0.1, 0.15) is 31.7 Å². The molecule has 0 aliphatic carbocycles. The molecule has 0 radical (unpaired) electrons. The lowest BCUT2D eigenvalue weighted by molar-refractivity contribution is -0.113. The fourth-order valence-electron chi connectivity index (χ4n) is 3.62. The van der Waals surface area contributed by atoms with Crippen LogP contribution in [0.3, 0.4) is 0 Å². The third kappa shape index (κ3) is 5.01. The predicted molar refractivity (Wildman–Crippen MR) is 114 cm³/mol. The van der Waals surface area contributed by atoms with E-state index in [1.165, 1.54) is 12.5 Å². The fraction of sp³-hybridized carbons (Fsp3) is 0.429. The Labute approximate surface area is 170 Å². The number of carbonyl (C=O) groups is 1. The van der Waals surface area contributed by atoms with Gasteiger partial charge in [-0.1, -0.05) is 18.7 Å². The van der Waals surface area contributed by atoms with E-state index >= 15 is 0 Å². The van der Waals surface area contributed by atoms with E-state index in [1.54, 1.807) is 12.1 Å². The molecule has 29 heavy (non-hydrogen) atoms. The number of aromatic hydroxyl groups is 1. The van der Waals surface area contributed by atoms with Crippen molar-refractivity contribution >= 4 is 23.3 Å². The number of benzene rings is 1. The summed E-state index contributed by atoms with van der Waals surface area (Å²) >= 11 is 0. The number of amides is 1. The Morgan fingerprint density at radius 1 is 1.31 bits per heavy atom. The number of aliphatic imine (C=N–C) groups is 1. The lowest BCUT2D eigenvalue weighted by Crippen LogP contribution is -2.56. The van der Waals surface area contributed by atoms with Crippen molar-refractivity contribution in [1.82, 2.24) is 15.5 Å². The molecule has 5 N–H and O–H groups in total. The number of likely N-dealkylation sites (tertiary alicyclic amines) is 1. The van der Waals surface area contributed by atoms with Crippen LogP contribution in [0, 0.1) is 10.8 Å². The Hall–Kier alpha value is -3.16. The third-order valence-corrected chi connectivity index (χ3v) is 5.56. The molecular weight excluding hydrogens is 368 g/mol. The summed E-state index contributed by atoms with van der Waals surface area (Å²) in [6.07, 6.45) is 3.52. The van der Waals surface area contributed by atoms with Gasteiger partial charge in [-0.05, 0) is 50.3 Å². The molecule has 1 fully saturated rings. The summed E-state index contributed by atoms with van der Waals surface area (Å²) in [6, 6.07) is 7.28. The molecule has 0 saturated carbocycles. The number of phenols is 1. The zero-order chi connectivity index (χ0) is 21.0. The van der Waals surface area contributed by atoms with E-state index in [0.29, 0.717) is 12.5 Å². The molecule has 1 amide bonds. The number of guanidine groups is 1. The minimum absolute atomic E-state index is 0.0741. The van der Waals surface area contributed by atoms with Crippen molar-refractivity contribution in [2.45, 2.75) is 38.1 Å². The largest absolute Gasteiger partial charge is 0.508 e. The average molecular weight is 396 g/mol. The number of carbonyl (C=O) groups excluding carboxylic acids is 1. The molecule has 3 rings (SSSR count). The molecule has 0 aromatic heterocycles. The quantitative estimate of drug-likeness (QED) is 0.470. The number of allylic oxidation sites excluding steroid dienone is 1. The highest BCUT2D eigenvalue weighted by Gasteiger charge is 2.39. The van der Waals surface area contributed by atoms with E-state index < -0.39 is 5.91 Å². The van der Waals surface area contributed by atoms with Gasteiger partial charge >= 0.3 is 0 Å². The minimum Gasteiger partial charge on any atom is -0.508 e. The average Bonchev–Trinajstić information content (AvgIpc) is 3.09. The first kappa shape index (κ1) is 20.6. The molecule has 1 aromatic carbocycles. The number of phenolic OH excluding ortho intramolecular Hbond substituents is 1. The summed E-state index contributed by atoms with van der Waals surface area (Å²) in [5.74, 6) is 0.0574. The van der Waals surface area contributed by atoms with Gasteiger partial charge in [0.2, 0.25) is 0 Å². The highest BCUT2D eigenvalue weighted by Crippen LogP contribution is 2.28. The molecule has 8 heteroatoms. The van der Waals surface area contributed by atoms with E-state index in [9.17, 15) is 9.90 Å². The SMILES string of the molecule is C=C(CCc1ccc(O)cc1)N1CCC2(CC1)CN=C(NC(=O)C(=N)C(C)=N)N2. The summed E-state index contributed by atoms with van der Waals surface area (Å²) in [5.41, 5.74) is 1.69. The van der Waals surface area contributed by atoms with Gasteiger partial charge in [0.1, 0.15) is 11.5 Å². The van der Waals surface area contributed by atoms with Crippen LogP contribution in [-0.2, 0) is 11.2 Å². The first-order valence-electron chi connectivity index (χ1n) is 9.77. The van der Waals surface area contributed by atoms with Gasteiger partial charge in [-0.15, -0.1) is 0 Å². The number of rotatable bonds is 6. The molecule has 2 heterocycles. The van der Waals surface area contributed by atoms with E-state index in [0.717, 1.165) is 44.5 Å².